The fourth-order valence-corrected chi connectivity index (χ4v) is 8.15. The molecule has 9 nitrogen and oxygen atoms in total. The number of nitrogens with two attached hydrogens (primary N) is 1. The first-order chi connectivity index (χ1) is 11.3. The molecule has 0 bridgehead atoms. The molecular formula is C13H32N2O7Si2. The van der Waals surface area contributed by atoms with E-state index in [4.69, 9.17) is 32.3 Å². The van der Waals surface area contributed by atoms with Crippen LogP contribution in [0.25, 0.3) is 0 Å². The molecule has 0 rings (SSSR count). The minimum Gasteiger partial charge on any atom is -0.376 e. The Kier molecular flexibility index (Phi) is 10.2. The molecule has 0 aliphatic rings. The van der Waals surface area contributed by atoms with E-state index in [0.717, 1.165) is 0 Å². The molecule has 0 aromatic rings. The molecule has 2 unspecified atom stereocenters. The molecule has 24 heavy (non-hydrogen) atoms. The molecule has 2 N–H and O–H groups in total. The average molecular weight is 385 g/mol. The van der Waals surface area contributed by atoms with Crippen molar-refractivity contribution in [3.63, 3.8) is 0 Å². The Morgan fingerprint density at radius 2 is 1.04 bits per heavy atom. The van der Waals surface area contributed by atoms with E-state index in [9.17, 15) is 4.79 Å². The summed E-state index contributed by atoms with van der Waals surface area (Å²) in [5.74, 6) is 0. The van der Waals surface area contributed by atoms with Gasteiger partial charge in [-0.3, -0.25) is 0 Å². The number of primary amides is 1. The van der Waals surface area contributed by atoms with Crippen molar-refractivity contribution in [1.82, 2.24) is 4.90 Å². The van der Waals surface area contributed by atoms with E-state index in [1.807, 2.05) is 13.8 Å². The van der Waals surface area contributed by atoms with Crippen LogP contribution in [0.5, 0.6) is 0 Å². The summed E-state index contributed by atoms with van der Waals surface area (Å²) in [5, 5.41) is 0. The molecule has 0 spiro atoms. The predicted molar refractivity (Wildman–Crippen MR) is 93.1 cm³/mol. The van der Waals surface area contributed by atoms with Crippen LogP contribution in [0.15, 0.2) is 0 Å². The highest BCUT2D eigenvalue weighted by Gasteiger charge is 2.58. The number of amides is 2. The lowest BCUT2D eigenvalue weighted by Gasteiger charge is -2.45. The van der Waals surface area contributed by atoms with Crippen molar-refractivity contribution in [3.8, 4) is 0 Å². The lowest BCUT2D eigenvalue weighted by Crippen LogP contribution is -2.71. The third kappa shape index (κ3) is 4.35. The Labute approximate surface area is 147 Å². The van der Waals surface area contributed by atoms with E-state index in [1.165, 1.54) is 47.6 Å². The van der Waals surface area contributed by atoms with Gasteiger partial charge < -0.3 is 37.2 Å². The van der Waals surface area contributed by atoms with Crippen LogP contribution in [0.2, 0.25) is 0 Å². The SMILES string of the molecule is CCC(N(C(N)=O)C(CC)[Si](OC)(OC)OC)[Si](OC)(OC)OC. The van der Waals surface area contributed by atoms with E-state index in [-0.39, 0.29) is 0 Å². The first-order valence-electron chi connectivity index (χ1n) is 7.72. The van der Waals surface area contributed by atoms with Crippen molar-refractivity contribution in [3.05, 3.63) is 0 Å². The third-order valence-electron chi connectivity index (χ3n) is 4.22. The molecule has 11 heteroatoms. The summed E-state index contributed by atoms with van der Waals surface area (Å²) in [5.41, 5.74) is 4.70. The highest BCUT2D eigenvalue weighted by molar-refractivity contribution is 6.64. The first kappa shape index (κ1) is 23.5. The smallest absolute Gasteiger partial charge is 0.376 e. The van der Waals surface area contributed by atoms with Crippen LogP contribution < -0.4 is 5.73 Å². The fraction of sp³-hybridized carbons (Fsp3) is 0.923. The van der Waals surface area contributed by atoms with Crippen LogP contribution in [0, 0.1) is 0 Å². The van der Waals surface area contributed by atoms with Gasteiger partial charge in [0, 0.05) is 42.7 Å². The molecule has 2 amide bonds. The van der Waals surface area contributed by atoms with Crippen LogP contribution in [-0.2, 0) is 26.6 Å². The van der Waals surface area contributed by atoms with E-state index >= 15 is 0 Å². The van der Waals surface area contributed by atoms with Gasteiger partial charge in [-0.25, -0.2) is 4.79 Å². The normalized spacial score (nSPS) is 15.2. The maximum atomic E-state index is 12.3. The summed E-state index contributed by atoms with van der Waals surface area (Å²) in [4.78, 5) is 13.8. The van der Waals surface area contributed by atoms with Gasteiger partial charge in [0.2, 0.25) is 0 Å². The molecule has 0 heterocycles. The van der Waals surface area contributed by atoms with E-state index in [2.05, 4.69) is 0 Å². The second-order valence-corrected chi connectivity index (χ2v) is 11.2. The second kappa shape index (κ2) is 10.5. The van der Waals surface area contributed by atoms with Crippen LogP contribution in [0.4, 0.5) is 4.79 Å². The molecule has 0 radical (unpaired) electrons. The van der Waals surface area contributed by atoms with Gasteiger partial charge in [0.15, 0.2) is 0 Å². The fourth-order valence-electron chi connectivity index (χ4n) is 3.07. The summed E-state index contributed by atoms with van der Waals surface area (Å²) < 4.78 is 33.4. The molecule has 0 aromatic heterocycles. The Morgan fingerprint density at radius 3 is 1.17 bits per heavy atom. The van der Waals surface area contributed by atoms with Gasteiger partial charge >= 0.3 is 23.6 Å². The van der Waals surface area contributed by atoms with Crippen molar-refractivity contribution in [2.45, 2.75) is 38.0 Å². The summed E-state index contributed by atoms with van der Waals surface area (Å²) in [6, 6.07) is -0.639. The van der Waals surface area contributed by atoms with Crippen molar-refractivity contribution in [1.29, 1.82) is 0 Å². The molecule has 0 saturated heterocycles. The molecule has 2 atom stereocenters. The molecule has 0 fully saturated rings. The Hall–Kier alpha value is -0.536. The van der Waals surface area contributed by atoms with E-state index in [1.54, 1.807) is 0 Å². The Balaban J connectivity index is 6.18. The summed E-state index contributed by atoms with van der Waals surface area (Å²) >= 11 is 0. The molecule has 144 valence electrons. The Morgan fingerprint density at radius 1 is 0.792 bits per heavy atom. The number of rotatable bonds is 12. The van der Waals surface area contributed by atoms with Crippen molar-refractivity contribution >= 4 is 23.6 Å². The number of urea groups is 1. The monoisotopic (exact) mass is 384 g/mol. The number of carbonyl (C=O) groups is 1. The molecule has 0 saturated carbocycles. The van der Waals surface area contributed by atoms with Gasteiger partial charge in [0.1, 0.15) is 11.3 Å². The summed E-state index contributed by atoms with van der Waals surface area (Å²) in [6.45, 7) is 3.81. The Bertz CT molecular complexity index is 337. The third-order valence-corrected chi connectivity index (χ3v) is 10.6. The zero-order valence-electron chi connectivity index (χ0n) is 16.0. The van der Waals surface area contributed by atoms with Crippen LogP contribution >= 0.6 is 0 Å². The summed E-state index contributed by atoms with van der Waals surface area (Å²) in [7, 11) is 2.60. The van der Waals surface area contributed by atoms with Crippen LogP contribution in [0.3, 0.4) is 0 Å². The molecule has 0 aromatic carbocycles. The molecule has 0 aliphatic heterocycles. The maximum absolute atomic E-state index is 12.3. The topological polar surface area (TPSA) is 102 Å². The average Bonchev–Trinajstić information content (AvgIpc) is 2.61. The van der Waals surface area contributed by atoms with Gasteiger partial charge in [0.25, 0.3) is 0 Å². The molecular weight excluding hydrogens is 352 g/mol. The van der Waals surface area contributed by atoms with E-state index in [0.29, 0.717) is 12.8 Å². The van der Waals surface area contributed by atoms with Crippen LogP contribution in [0.1, 0.15) is 26.7 Å². The second-order valence-electron chi connectivity index (χ2n) is 5.03. The zero-order valence-corrected chi connectivity index (χ0v) is 18.0. The van der Waals surface area contributed by atoms with Gasteiger partial charge in [-0.15, -0.1) is 0 Å². The van der Waals surface area contributed by atoms with Crippen molar-refractivity contribution < 1.29 is 31.4 Å². The lowest BCUT2D eigenvalue weighted by molar-refractivity contribution is 0.0493. The van der Waals surface area contributed by atoms with Gasteiger partial charge in [-0.2, -0.15) is 0 Å². The first-order valence-corrected chi connectivity index (χ1v) is 11.3. The van der Waals surface area contributed by atoms with E-state index < -0.39 is 35.0 Å². The van der Waals surface area contributed by atoms with Gasteiger partial charge in [-0.1, -0.05) is 13.8 Å². The largest absolute Gasteiger partial charge is 0.524 e. The van der Waals surface area contributed by atoms with Gasteiger partial charge in [-0.05, 0) is 12.8 Å². The number of carbonyl (C=O) groups excluding carboxylic acids is 1. The highest BCUT2D eigenvalue weighted by atomic mass is 28.4. The zero-order chi connectivity index (χ0) is 19.0. The van der Waals surface area contributed by atoms with Crippen molar-refractivity contribution in [2.75, 3.05) is 42.7 Å². The number of hydrogen-bond donors (Lipinski definition) is 1. The summed E-state index contributed by atoms with van der Waals surface area (Å²) in [6.07, 6.45) is 1.03. The maximum Gasteiger partial charge on any atom is 0.524 e. The van der Waals surface area contributed by atoms with Gasteiger partial charge in [0.05, 0.1) is 0 Å². The number of nitrogens with zero attached hydrogens (tertiary/aromatic N) is 1. The predicted octanol–water partition coefficient (Wildman–Crippen LogP) is 0.759. The minimum atomic E-state index is -3.19. The quantitative estimate of drug-likeness (QED) is 0.496. The number of hydrogen-bond acceptors (Lipinski definition) is 7. The standard InChI is InChI=1S/C13H32N2O7Si2/c1-9-11(23(17-3,18-4)19-5)15(13(14)16)12(10-2)24(20-6,21-7)22-8/h11-12H,9-10H2,1-8H3,(H2,14,16). The van der Waals surface area contributed by atoms with Crippen molar-refractivity contribution in [2.24, 2.45) is 5.73 Å². The minimum absolute atomic E-state index is 0.507. The lowest BCUT2D eigenvalue weighted by atomic mass is 10.3. The van der Waals surface area contributed by atoms with Crippen LogP contribution in [-0.4, -0.2) is 82.5 Å². The highest BCUT2D eigenvalue weighted by Crippen LogP contribution is 2.28. The molecule has 0 aliphatic carbocycles.